The molecule has 0 bridgehead atoms. The van der Waals surface area contributed by atoms with Gasteiger partial charge in [-0.3, -0.25) is 4.79 Å². The zero-order chi connectivity index (χ0) is 20.6. The summed E-state index contributed by atoms with van der Waals surface area (Å²) in [5, 5.41) is 3.52. The largest absolute Gasteiger partial charge is 0.493 e. The molecule has 150 valence electrons. The summed E-state index contributed by atoms with van der Waals surface area (Å²) in [6.45, 7) is 2.14. The number of rotatable bonds is 9. The van der Waals surface area contributed by atoms with Gasteiger partial charge in [-0.05, 0) is 47.9 Å². The van der Waals surface area contributed by atoms with E-state index in [1.165, 1.54) is 5.56 Å². The van der Waals surface area contributed by atoms with Crippen molar-refractivity contribution in [2.24, 2.45) is 0 Å². The maximum Gasteiger partial charge on any atom is 0.165 e. The number of carbonyl (C=O) groups excluding carboxylic acids is 1. The lowest BCUT2D eigenvalue weighted by Gasteiger charge is -2.20. The first-order chi connectivity index (χ1) is 14.1. The Labute approximate surface area is 172 Å². The lowest BCUT2D eigenvalue weighted by atomic mass is 9.97. The van der Waals surface area contributed by atoms with Crippen molar-refractivity contribution in [3.8, 4) is 11.5 Å². The molecule has 0 aliphatic carbocycles. The number of ether oxygens (including phenoxy) is 2. The van der Waals surface area contributed by atoms with Crippen molar-refractivity contribution in [3.63, 3.8) is 0 Å². The van der Waals surface area contributed by atoms with E-state index in [1.807, 2.05) is 30.3 Å². The second-order valence-electron chi connectivity index (χ2n) is 6.86. The Hall–Kier alpha value is -3.27. The number of ketones is 1. The molecule has 0 amide bonds. The van der Waals surface area contributed by atoms with Crippen molar-refractivity contribution in [1.29, 1.82) is 0 Å². The number of Topliss-reactive ketones (excluding diaryl/α,β-unsaturated/α-hetero) is 1. The molecule has 4 heteroatoms. The van der Waals surface area contributed by atoms with Crippen LogP contribution in [0.1, 0.15) is 40.9 Å². The summed E-state index contributed by atoms with van der Waals surface area (Å²) in [7, 11) is 3.15. The maximum atomic E-state index is 13.1. The zero-order valence-electron chi connectivity index (χ0n) is 17.1. The second-order valence-corrected chi connectivity index (χ2v) is 6.86. The molecule has 0 aromatic heterocycles. The Bertz CT molecular complexity index is 936. The summed E-state index contributed by atoms with van der Waals surface area (Å²) >= 11 is 0. The van der Waals surface area contributed by atoms with Gasteiger partial charge in [0.1, 0.15) is 0 Å². The standard InChI is InChI=1S/C25H27NO3/c1-4-18-10-13-21(14-11-18)26-22(19-8-6-5-7-9-19)17-23(27)20-12-15-24(28-2)25(16-20)29-3/h5-16,22,26H,4,17H2,1-3H3. The molecule has 0 fully saturated rings. The van der Waals surface area contributed by atoms with Crippen LogP contribution >= 0.6 is 0 Å². The molecule has 0 aliphatic heterocycles. The maximum absolute atomic E-state index is 13.1. The Morgan fingerprint density at radius 1 is 0.897 bits per heavy atom. The van der Waals surface area contributed by atoms with Crippen LogP contribution in [-0.2, 0) is 6.42 Å². The first-order valence-corrected chi connectivity index (χ1v) is 9.80. The van der Waals surface area contributed by atoms with Gasteiger partial charge in [0.05, 0.1) is 20.3 Å². The van der Waals surface area contributed by atoms with Crippen LogP contribution in [0.5, 0.6) is 11.5 Å². The molecule has 0 heterocycles. The van der Waals surface area contributed by atoms with Gasteiger partial charge in [0, 0.05) is 17.7 Å². The number of anilines is 1. The molecular weight excluding hydrogens is 362 g/mol. The molecule has 0 saturated heterocycles. The van der Waals surface area contributed by atoms with Gasteiger partial charge in [0.15, 0.2) is 17.3 Å². The van der Waals surface area contributed by atoms with Crippen LogP contribution in [0.2, 0.25) is 0 Å². The minimum Gasteiger partial charge on any atom is -0.493 e. The summed E-state index contributed by atoms with van der Waals surface area (Å²) in [4.78, 5) is 13.1. The van der Waals surface area contributed by atoms with Crippen molar-refractivity contribution >= 4 is 11.5 Å². The zero-order valence-corrected chi connectivity index (χ0v) is 17.1. The minimum absolute atomic E-state index is 0.0393. The van der Waals surface area contributed by atoms with Gasteiger partial charge in [-0.2, -0.15) is 0 Å². The van der Waals surface area contributed by atoms with Crippen LogP contribution in [0.4, 0.5) is 5.69 Å². The van der Waals surface area contributed by atoms with E-state index in [1.54, 1.807) is 32.4 Å². The highest BCUT2D eigenvalue weighted by atomic mass is 16.5. The normalized spacial score (nSPS) is 11.6. The van der Waals surface area contributed by atoms with Gasteiger partial charge in [-0.25, -0.2) is 0 Å². The van der Waals surface area contributed by atoms with Crippen molar-refractivity contribution in [2.75, 3.05) is 19.5 Å². The van der Waals surface area contributed by atoms with E-state index >= 15 is 0 Å². The van der Waals surface area contributed by atoms with Gasteiger partial charge in [0.25, 0.3) is 0 Å². The Morgan fingerprint density at radius 2 is 1.59 bits per heavy atom. The summed E-state index contributed by atoms with van der Waals surface area (Å²) in [6, 6.07) is 23.5. The third-order valence-corrected chi connectivity index (χ3v) is 5.00. The lowest BCUT2D eigenvalue weighted by molar-refractivity contribution is 0.0976. The fourth-order valence-corrected chi connectivity index (χ4v) is 3.29. The molecule has 0 radical (unpaired) electrons. The van der Waals surface area contributed by atoms with Crippen LogP contribution in [-0.4, -0.2) is 20.0 Å². The topological polar surface area (TPSA) is 47.6 Å². The van der Waals surface area contributed by atoms with E-state index in [4.69, 9.17) is 9.47 Å². The lowest BCUT2D eigenvalue weighted by Crippen LogP contribution is -2.16. The molecule has 1 unspecified atom stereocenters. The number of hydrogen-bond donors (Lipinski definition) is 1. The van der Waals surface area contributed by atoms with Crippen LogP contribution in [0.3, 0.4) is 0 Å². The van der Waals surface area contributed by atoms with E-state index in [-0.39, 0.29) is 11.8 Å². The molecule has 4 nitrogen and oxygen atoms in total. The van der Waals surface area contributed by atoms with E-state index in [9.17, 15) is 4.79 Å². The monoisotopic (exact) mass is 389 g/mol. The van der Waals surface area contributed by atoms with Crippen LogP contribution in [0.15, 0.2) is 72.8 Å². The van der Waals surface area contributed by atoms with Crippen molar-refractivity contribution < 1.29 is 14.3 Å². The van der Waals surface area contributed by atoms with Gasteiger partial charge >= 0.3 is 0 Å². The quantitative estimate of drug-likeness (QED) is 0.478. The third-order valence-electron chi connectivity index (χ3n) is 5.00. The van der Waals surface area contributed by atoms with Gasteiger partial charge in [-0.1, -0.05) is 49.4 Å². The number of benzene rings is 3. The van der Waals surface area contributed by atoms with E-state index < -0.39 is 0 Å². The molecular formula is C25H27NO3. The highest BCUT2D eigenvalue weighted by Gasteiger charge is 2.18. The molecule has 3 aromatic carbocycles. The smallest absolute Gasteiger partial charge is 0.165 e. The number of carbonyl (C=O) groups is 1. The number of aryl methyl sites for hydroxylation is 1. The number of hydrogen-bond acceptors (Lipinski definition) is 4. The van der Waals surface area contributed by atoms with Gasteiger partial charge in [0.2, 0.25) is 0 Å². The number of nitrogens with one attached hydrogen (secondary N) is 1. The molecule has 0 aliphatic rings. The molecule has 0 spiro atoms. The van der Waals surface area contributed by atoms with Crippen LogP contribution in [0, 0.1) is 0 Å². The Kier molecular flexibility index (Phi) is 6.90. The third kappa shape index (κ3) is 5.17. The molecule has 1 atom stereocenters. The summed E-state index contributed by atoms with van der Waals surface area (Å²) in [5.74, 6) is 1.20. The number of methoxy groups -OCH3 is 2. The van der Waals surface area contributed by atoms with Crippen LogP contribution in [0.25, 0.3) is 0 Å². The van der Waals surface area contributed by atoms with E-state index in [2.05, 4.69) is 36.5 Å². The molecule has 3 aromatic rings. The van der Waals surface area contributed by atoms with Gasteiger partial charge in [-0.15, -0.1) is 0 Å². The first-order valence-electron chi connectivity index (χ1n) is 9.80. The summed E-state index contributed by atoms with van der Waals surface area (Å²) < 4.78 is 10.6. The van der Waals surface area contributed by atoms with Crippen molar-refractivity contribution in [2.45, 2.75) is 25.8 Å². The highest BCUT2D eigenvalue weighted by Crippen LogP contribution is 2.30. The second kappa shape index (κ2) is 9.78. The molecule has 1 N–H and O–H groups in total. The minimum atomic E-state index is -0.135. The summed E-state index contributed by atoms with van der Waals surface area (Å²) in [6.07, 6.45) is 1.33. The SMILES string of the molecule is CCc1ccc(NC(CC(=O)c2ccc(OC)c(OC)c2)c2ccccc2)cc1. The molecule has 0 saturated carbocycles. The highest BCUT2D eigenvalue weighted by molar-refractivity contribution is 5.97. The predicted octanol–water partition coefficient (Wildman–Crippen LogP) is 5.69. The fourth-order valence-electron chi connectivity index (χ4n) is 3.29. The van der Waals surface area contributed by atoms with Crippen molar-refractivity contribution in [1.82, 2.24) is 0 Å². The molecule has 3 rings (SSSR count). The first kappa shape index (κ1) is 20.5. The fraction of sp³-hybridized carbons (Fsp3) is 0.240. The molecule has 29 heavy (non-hydrogen) atoms. The van der Waals surface area contributed by atoms with E-state index in [0.29, 0.717) is 23.5 Å². The summed E-state index contributed by atoms with van der Waals surface area (Å²) in [5.41, 5.74) is 3.96. The van der Waals surface area contributed by atoms with Gasteiger partial charge < -0.3 is 14.8 Å². The Morgan fingerprint density at radius 3 is 2.21 bits per heavy atom. The predicted molar refractivity (Wildman–Crippen MR) is 117 cm³/mol. The van der Waals surface area contributed by atoms with Crippen molar-refractivity contribution in [3.05, 3.63) is 89.5 Å². The van der Waals surface area contributed by atoms with E-state index in [0.717, 1.165) is 17.7 Å². The Balaban J connectivity index is 1.83. The van der Waals surface area contributed by atoms with Crippen LogP contribution < -0.4 is 14.8 Å². The average molecular weight is 389 g/mol. The average Bonchev–Trinajstić information content (AvgIpc) is 2.79.